The minimum absolute atomic E-state index is 0.0476. The highest BCUT2D eigenvalue weighted by Crippen LogP contribution is 2.41. The van der Waals surface area contributed by atoms with E-state index in [9.17, 15) is 14.4 Å². The molecule has 2 bridgehead atoms. The van der Waals surface area contributed by atoms with E-state index in [0.29, 0.717) is 32.1 Å². The first-order chi connectivity index (χ1) is 13.3. The molecule has 1 saturated carbocycles. The van der Waals surface area contributed by atoms with Crippen molar-refractivity contribution in [2.24, 2.45) is 16.7 Å². The maximum Gasteiger partial charge on any atom is 0.312 e. The Hall–Kier alpha value is -1.59. The van der Waals surface area contributed by atoms with Crippen LogP contribution in [0.25, 0.3) is 0 Å². The molecule has 2 rings (SSSR count). The third kappa shape index (κ3) is 6.45. The number of ether oxygens (including phenoxy) is 3. The van der Waals surface area contributed by atoms with Crippen LogP contribution in [-0.2, 0) is 28.6 Å². The van der Waals surface area contributed by atoms with Crippen molar-refractivity contribution < 1.29 is 28.6 Å². The molecule has 1 aliphatic carbocycles. The second kappa shape index (κ2) is 9.48. The Morgan fingerprint density at radius 1 is 1.03 bits per heavy atom. The van der Waals surface area contributed by atoms with Gasteiger partial charge in [-0.15, -0.1) is 0 Å². The first-order valence-corrected chi connectivity index (χ1v) is 10.9. The summed E-state index contributed by atoms with van der Waals surface area (Å²) in [6.45, 7) is 16.8. The van der Waals surface area contributed by atoms with E-state index in [2.05, 4.69) is 0 Å². The monoisotopic (exact) mass is 412 g/mol. The van der Waals surface area contributed by atoms with Gasteiger partial charge in [-0.05, 0) is 67.2 Å². The molecule has 4 atom stereocenters. The second-order valence-corrected chi connectivity index (χ2v) is 9.91. The standard InChI is InChI=1S/C21H34O6.C2H6/c1-8-21(7,12-20(5,6)17(23)27-19(2,3)4)18(24)26-14-10-9-13-11-15(14)25-16(13)22;1-2/h13-15H,8-12H2,1-7H3;1-2H3. The Bertz CT molecular complexity index is 603. The van der Waals surface area contributed by atoms with E-state index in [1.54, 1.807) is 13.8 Å². The van der Waals surface area contributed by atoms with E-state index in [1.165, 1.54) is 0 Å². The number of hydrogen-bond acceptors (Lipinski definition) is 6. The van der Waals surface area contributed by atoms with Crippen LogP contribution in [0.1, 0.15) is 94.4 Å². The molecule has 0 N–H and O–H groups in total. The summed E-state index contributed by atoms with van der Waals surface area (Å²) in [6.07, 6.45) is 2.10. The zero-order chi connectivity index (χ0) is 22.6. The van der Waals surface area contributed by atoms with Gasteiger partial charge in [0.25, 0.3) is 0 Å². The van der Waals surface area contributed by atoms with Gasteiger partial charge in [0.05, 0.1) is 16.7 Å². The van der Waals surface area contributed by atoms with Gasteiger partial charge >= 0.3 is 17.9 Å². The van der Waals surface area contributed by atoms with Crippen LogP contribution in [0.15, 0.2) is 0 Å². The largest absolute Gasteiger partial charge is 0.460 e. The lowest BCUT2D eigenvalue weighted by atomic mass is 9.72. The average Bonchev–Trinajstić information content (AvgIpc) is 2.92. The van der Waals surface area contributed by atoms with Gasteiger partial charge in [0.15, 0.2) is 0 Å². The Kier molecular flexibility index (Phi) is 8.32. The zero-order valence-corrected chi connectivity index (χ0v) is 19.7. The summed E-state index contributed by atoms with van der Waals surface area (Å²) in [4.78, 5) is 37.3. The molecule has 0 aromatic carbocycles. The van der Waals surface area contributed by atoms with Gasteiger partial charge in [0.1, 0.15) is 17.8 Å². The average molecular weight is 413 g/mol. The summed E-state index contributed by atoms with van der Waals surface area (Å²) in [5.41, 5.74) is -2.23. The quantitative estimate of drug-likeness (QED) is 0.459. The summed E-state index contributed by atoms with van der Waals surface area (Å²) < 4.78 is 16.7. The van der Waals surface area contributed by atoms with Crippen molar-refractivity contribution >= 4 is 17.9 Å². The van der Waals surface area contributed by atoms with Crippen LogP contribution in [0.5, 0.6) is 0 Å². The summed E-state index contributed by atoms with van der Waals surface area (Å²) in [5, 5.41) is 0. The molecule has 4 unspecified atom stereocenters. The number of carbonyl (C=O) groups is 3. The Morgan fingerprint density at radius 2 is 1.62 bits per heavy atom. The number of rotatable bonds is 6. The summed E-state index contributed by atoms with van der Waals surface area (Å²) >= 11 is 0. The third-order valence-corrected chi connectivity index (χ3v) is 5.65. The van der Waals surface area contributed by atoms with Crippen LogP contribution >= 0.6 is 0 Å². The van der Waals surface area contributed by atoms with E-state index >= 15 is 0 Å². The van der Waals surface area contributed by atoms with Gasteiger partial charge in [0, 0.05) is 6.42 Å². The molecule has 1 saturated heterocycles. The van der Waals surface area contributed by atoms with Gasteiger partial charge in [0.2, 0.25) is 0 Å². The highest BCUT2D eigenvalue weighted by atomic mass is 16.6. The van der Waals surface area contributed by atoms with Crippen LogP contribution < -0.4 is 0 Å². The Labute approximate surface area is 176 Å². The summed E-state index contributed by atoms with van der Waals surface area (Å²) in [7, 11) is 0. The van der Waals surface area contributed by atoms with Gasteiger partial charge in [-0.3, -0.25) is 14.4 Å². The highest BCUT2D eigenvalue weighted by molar-refractivity contribution is 5.81. The minimum atomic E-state index is -0.825. The lowest BCUT2D eigenvalue weighted by Gasteiger charge is -2.37. The van der Waals surface area contributed by atoms with Crippen LogP contribution in [0.2, 0.25) is 0 Å². The number of fused-ring (bicyclic) bond motifs is 2. The number of esters is 3. The van der Waals surface area contributed by atoms with Crippen LogP contribution in [0.3, 0.4) is 0 Å². The lowest BCUT2D eigenvalue weighted by Crippen LogP contribution is -2.43. The van der Waals surface area contributed by atoms with E-state index in [1.807, 2.05) is 48.5 Å². The molecular formula is C23H40O6. The fraction of sp³-hybridized carbons (Fsp3) is 0.870. The third-order valence-electron chi connectivity index (χ3n) is 5.65. The van der Waals surface area contributed by atoms with Crippen LogP contribution in [-0.4, -0.2) is 35.7 Å². The molecule has 1 aliphatic heterocycles. The highest BCUT2D eigenvalue weighted by Gasteiger charge is 2.48. The van der Waals surface area contributed by atoms with Gasteiger partial charge in [-0.25, -0.2) is 0 Å². The van der Waals surface area contributed by atoms with Crippen molar-refractivity contribution in [3.05, 3.63) is 0 Å². The lowest BCUT2D eigenvalue weighted by molar-refractivity contribution is -0.176. The Morgan fingerprint density at radius 3 is 2.14 bits per heavy atom. The van der Waals surface area contributed by atoms with Crippen LogP contribution in [0, 0.1) is 16.7 Å². The topological polar surface area (TPSA) is 78.9 Å². The van der Waals surface area contributed by atoms with Crippen molar-refractivity contribution in [3.63, 3.8) is 0 Å². The molecule has 2 aliphatic rings. The minimum Gasteiger partial charge on any atom is -0.460 e. The van der Waals surface area contributed by atoms with Crippen molar-refractivity contribution in [3.8, 4) is 0 Å². The van der Waals surface area contributed by atoms with Crippen molar-refractivity contribution in [1.82, 2.24) is 0 Å². The van der Waals surface area contributed by atoms with E-state index < -0.39 is 22.5 Å². The molecule has 0 spiro atoms. The van der Waals surface area contributed by atoms with E-state index in [-0.39, 0.29) is 29.9 Å². The fourth-order valence-electron chi connectivity index (χ4n) is 3.90. The molecule has 0 aromatic heterocycles. The maximum absolute atomic E-state index is 13.0. The first-order valence-electron chi connectivity index (χ1n) is 10.9. The van der Waals surface area contributed by atoms with Crippen molar-refractivity contribution in [2.75, 3.05) is 0 Å². The number of hydrogen-bond donors (Lipinski definition) is 0. The smallest absolute Gasteiger partial charge is 0.312 e. The normalized spacial score (nSPS) is 25.8. The van der Waals surface area contributed by atoms with E-state index in [4.69, 9.17) is 14.2 Å². The summed E-state index contributed by atoms with van der Waals surface area (Å²) in [5.74, 6) is -0.891. The van der Waals surface area contributed by atoms with E-state index in [0.717, 1.165) is 0 Å². The SMILES string of the molecule is CC.CCC(C)(CC(C)(C)C(=O)OC(C)(C)C)C(=O)OC1CCC2CC1OC2=O. The second-order valence-electron chi connectivity index (χ2n) is 9.91. The van der Waals surface area contributed by atoms with Crippen molar-refractivity contribution in [1.29, 1.82) is 0 Å². The molecule has 168 valence electrons. The molecule has 29 heavy (non-hydrogen) atoms. The van der Waals surface area contributed by atoms with Gasteiger partial charge < -0.3 is 14.2 Å². The molecule has 1 heterocycles. The van der Waals surface area contributed by atoms with Crippen molar-refractivity contribution in [2.45, 2.75) is 112 Å². The first kappa shape index (κ1) is 25.4. The molecular weight excluding hydrogens is 372 g/mol. The van der Waals surface area contributed by atoms with Gasteiger partial charge in [-0.2, -0.15) is 0 Å². The summed E-state index contributed by atoms with van der Waals surface area (Å²) in [6, 6.07) is 0. The predicted molar refractivity (Wildman–Crippen MR) is 111 cm³/mol. The molecule has 2 fully saturated rings. The van der Waals surface area contributed by atoms with Crippen LogP contribution in [0.4, 0.5) is 0 Å². The zero-order valence-electron chi connectivity index (χ0n) is 19.7. The molecule has 0 radical (unpaired) electrons. The molecule has 0 aromatic rings. The predicted octanol–water partition coefficient (Wildman–Crippen LogP) is 4.82. The van der Waals surface area contributed by atoms with Gasteiger partial charge in [-0.1, -0.05) is 20.8 Å². The Balaban J connectivity index is 0.00000204. The molecule has 0 amide bonds. The fourth-order valence-corrected chi connectivity index (χ4v) is 3.90. The molecule has 6 heteroatoms. The maximum atomic E-state index is 13.0. The molecule has 6 nitrogen and oxygen atoms in total. The number of carbonyl (C=O) groups excluding carboxylic acids is 3.